The number of hydrogen-bond acceptors (Lipinski definition) is 5. The van der Waals surface area contributed by atoms with Crippen LogP contribution in [0, 0.1) is 11.3 Å². The van der Waals surface area contributed by atoms with Gasteiger partial charge in [0.1, 0.15) is 17.5 Å². The fourth-order valence-electron chi connectivity index (χ4n) is 3.58. The molecule has 0 bridgehead atoms. The van der Waals surface area contributed by atoms with Crippen molar-refractivity contribution in [3.8, 4) is 6.07 Å². The molecule has 0 saturated heterocycles. The van der Waals surface area contributed by atoms with Gasteiger partial charge >= 0.3 is 0 Å². The number of carbonyl (C=O) groups is 2. The number of nitrogens with zero attached hydrogens (tertiary/aromatic N) is 3. The zero-order valence-electron chi connectivity index (χ0n) is 17.1. The molecule has 1 aliphatic heterocycles. The Morgan fingerprint density at radius 3 is 2.27 bits per heavy atom. The molecule has 3 rings (SSSR count). The normalized spacial score (nSPS) is 13.5. The molecule has 0 radical (unpaired) electrons. The first-order valence-corrected chi connectivity index (χ1v) is 10.4. The van der Waals surface area contributed by atoms with Crippen LogP contribution >= 0.6 is 15.9 Å². The Labute approximate surface area is 184 Å². The zero-order chi connectivity index (χ0) is 21.8. The van der Waals surface area contributed by atoms with E-state index in [0.29, 0.717) is 5.82 Å². The van der Waals surface area contributed by atoms with E-state index in [1.165, 1.54) is 0 Å². The van der Waals surface area contributed by atoms with E-state index in [0.717, 1.165) is 21.4 Å². The lowest BCUT2D eigenvalue weighted by molar-refractivity contribution is -0.124. The number of Topliss-reactive ketones (excluding diaryl/α,β-unsaturated/α-hetero) is 1. The van der Waals surface area contributed by atoms with E-state index in [2.05, 4.69) is 21.2 Å². The van der Waals surface area contributed by atoms with Crippen molar-refractivity contribution in [1.29, 1.82) is 5.26 Å². The summed E-state index contributed by atoms with van der Waals surface area (Å²) in [4.78, 5) is 28.8. The largest absolute Gasteiger partial charge is 0.350 e. The standard InChI is InChI=1S/C23H23BrN4O2/c1-15(16-7-6-8-17(24)13-16)26-22(30)12-11-21(29)18(14-25)23-27(2)19-9-4-5-10-20(19)28(23)3/h4-10,13,15H,11-12H2,1-3H3,(H,26,30). The molecule has 154 valence electrons. The molecule has 2 aromatic rings. The van der Waals surface area contributed by atoms with Gasteiger partial charge in [-0.2, -0.15) is 5.26 Å². The van der Waals surface area contributed by atoms with Crippen LogP contribution < -0.4 is 15.1 Å². The number of nitrogens with one attached hydrogen (secondary N) is 1. The lowest BCUT2D eigenvalue weighted by Crippen LogP contribution is -2.28. The summed E-state index contributed by atoms with van der Waals surface area (Å²) in [5, 5.41) is 12.6. The van der Waals surface area contributed by atoms with Gasteiger partial charge in [0.25, 0.3) is 0 Å². The van der Waals surface area contributed by atoms with Gasteiger partial charge in [-0.3, -0.25) is 9.59 Å². The van der Waals surface area contributed by atoms with Gasteiger partial charge in [0, 0.05) is 31.4 Å². The topological polar surface area (TPSA) is 76.4 Å². The lowest BCUT2D eigenvalue weighted by Gasteiger charge is -2.20. The van der Waals surface area contributed by atoms with Gasteiger partial charge in [0.15, 0.2) is 5.78 Å². The fraction of sp³-hybridized carbons (Fsp3) is 0.261. The third-order valence-corrected chi connectivity index (χ3v) is 5.65. The van der Waals surface area contributed by atoms with Crippen molar-refractivity contribution < 1.29 is 9.59 Å². The van der Waals surface area contributed by atoms with E-state index in [1.807, 2.05) is 85.4 Å². The van der Waals surface area contributed by atoms with Gasteiger partial charge < -0.3 is 15.1 Å². The maximum Gasteiger partial charge on any atom is 0.220 e. The Bertz CT molecular complexity index is 1030. The number of carbonyl (C=O) groups excluding carboxylic acids is 2. The number of fused-ring (bicyclic) bond motifs is 1. The minimum absolute atomic E-state index is 0.0238. The van der Waals surface area contributed by atoms with Crippen LogP contribution in [0.5, 0.6) is 0 Å². The number of benzene rings is 2. The summed E-state index contributed by atoms with van der Waals surface area (Å²) < 4.78 is 0.937. The molecule has 0 fully saturated rings. The van der Waals surface area contributed by atoms with Gasteiger partial charge in [-0.15, -0.1) is 0 Å². The minimum atomic E-state index is -0.343. The van der Waals surface area contributed by atoms with Crippen LogP contribution in [0.1, 0.15) is 31.4 Å². The number of rotatable bonds is 6. The summed E-state index contributed by atoms with van der Waals surface area (Å²) in [7, 11) is 3.66. The number of nitriles is 1. The second kappa shape index (κ2) is 9.14. The molecule has 0 aliphatic carbocycles. The summed E-state index contributed by atoms with van der Waals surface area (Å²) in [6.45, 7) is 1.89. The van der Waals surface area contributed by atoms with Crippen LogP contribution in [0.4, 0.5) is 11.4 Å². The van der Waals surface area contributed by atoms with E-state index in [-0.39, 0.29) is 36.1 Å². The number of para-hydroxylation sites is 2. The smallest absolute Gasteiger partial charge is 0.220 e. The Kier molecular flexibility index (Phi) is 6.58. The molecule has 30 heavy (non-hydrogen) atoms. The molecular formula is C23H23BrN4O2. The Morgan fingerprint density at radius 2 is 1.70 bits per heavy atom. The SMILES string of the molecule is CC(NC(=O)CCC(=O)C(C#N)=C1N(C)c2ccccc2N1C)c1cccc(Br)c1. The second-order valence-electron chi connectivity index (χ2n) is 7.18. The van der Waals surface area contributed by atoms with Crippen molar-refractivity contribution in [3.63, 3.8) is 0 Å². The van der Waals surface area contributed by atoms with Crippen LogP contribution in [-0.2, 0) is 9.59 Å². The van der Waals surface area contributed by atoms with Crippen LogP contribution in [0.15, 0.2) is 64.4 Å². The molecule has 2 aromatic carbocycles. The molecule has 1 atom stereocenters. The predicted molar refractivity (Wildman–Crippen MR) is 121 cm³/mol. The lowest BCUT2D eigenvalue weighted by atomic mass is 10.1. The second-order valence-corrected chi connectivity index (χ2v) is 8.10. The van der Waals surface area contributed by atoms with Gasteiger partial charge in [-0.05, 0) is 36.8 Å². The molecule has 1 N–H and O–H groups in total. The van der Waals surface area contributed by atoms with Crippen molar-refractivity contribution in [2.24, 2.45) is 0 Å². The predicted octanol–water partition coefficient (Wildman–Crippen LogP) is 4.30. The molecule has 1 unspecified atom stereocenters. The first-order valence-electron chi connectivity index (χ1n) is 9.62. The maximum atomic E-state index is 12.8. The summed E-state index contributed by atoms with van der Waals surface area (Å²) in [5.41, 5.74) is 2.88. The van der Waals surface area contributed by atoms with Crippen LogP contribution in [0.2, 0.25) is 0 Å². The Hall–Kier alpha value is -3.11. The van der Waals surface area contributed by atoms with E-state index in [4.69, 9.17) is 0 Å². The summed E-state index contributed by atoms with van der Waals surface area (Å²) in [6, 6.07) is 17.3. The van der Waals surface area contributed by atoms with Crippen molar-refractivity contribution in [2.45, 2.75) is 25.8 Å². The molecule has 0 spiro atoms. The fourth-order valence-corrected chi connectivity index (χ4v) is 4.00. The monoisotopic (exact) mass is 466 g/mol. The zero-order valence-corrected chi connectivity index (χ0v) is 18.7. The molecule has 0 aromatic heterocycles. The summed E-state index contributed by atoms with van der Waals surface area (Å²) in [6.07, 6.45) is -0.00251. The molecule has 0 saturated carbocycles. The van der Waals surface area contributed by atoms with Crippen molar-refractivity contribution in [2.75, 3.05) is 23.9 Å². The maximum absolute atomic E-state index is 12.8. The van der Waals surface area contributed by atoms with Gasteiger partial charge in [0.05, 0.1) is 17.4 Å². The number of ketones is 1. The highest BCUT2D eigenvalue weighted by molar-refractivity contribution is 9.10. The average molecular weight is 467 g/mol. The quantitative estimate of drug-likeness (QED) is 0.507. The third-order valence-electron chi connectivity index (χ3n) is 5.16. The highest BCUT2D eigenvalue weighted by Gasteiger charge is 2.31. The number of hydrogen-bond donors (Lipinski definition) is 1. The van der Waals surface area contributed by atoms with Crippen LogP contribution in [0.25, 0.3) is 0 Å². The van der Waals surface area contributed by atoms with Crippen molar-refractivity contribution in [3.05, 3.63) is 70.0 Å². The summed E-state index contributed by atoms with van der Waals surface area (Å²) in [5.74, 6) is -0.0367. The highest BCUT2D eigenvalue weighted by atomic mass is 79.9. The highest BCUT2D eigenvalue weighted by Crippen LogP contribution is 2.40. The summed E-state index contributed by atoms with van der Waals surface area (Å²) >= 11 is 3.42. The molecule has 1 heterocycles. The molecule has 1 amide bonds. The number of amides is 1. The Balaban J connectivity index is 1.67. The van der Waals surface area contributed by atoms with E-state index >= 15 is 0 Å². The van der Waals surface area contributed by atoms with Crippen LogP contribution in [-0.4, -0.2) is 25.8 Å². The molecule has 7 heteroatoms. The average Bonchev–Trinajstić information content (AvgIpc) is 2.98. The van der Waals surface area contributed by atoms with E-state index < -0.39 is 0 Å². The molecule has 1 aliphatic rings. The number of halogens is 1. The molecular weight excluding hydrogens is 444 g/mol. The minimum Gasteiger partial charge on any atom is -0.350 e. The third kappa shape index (κ3) is 4.39. The number of anilines is 2. The van der Waals surface area contributed by atoms with Crippen molar-refractivity contribution >= 4 is 39.0 Å². The van der Waals surface area contributed by atoms with Gasteiger partial charge in [0.2, 0.25) is 5.91 Å². The van der Waals surface area contributed by atoms with Gasteiger partial charge in [-0.1, -0.05) is 40.2 Å². The van der Waals surface area contributed by atoms with E-state index in [9.17, 15) is 14.9 Å². The van der Waals surface area contributed by atoms with Crippen LogP contribution in [0.3, 0.4) is 0 Å². The van der Waals surface area contributed by atoms with E-state index in [1.54, 1.807) is 0 Å². The Morgan fingerprint density at radius 1 is 1.07 bits per heavy atom. The first-order chi connectivity index (χ1) is 14.3. The number of allylic oxidation sites excluding steroid dienone is 1. The molecule has 6 nitrogen and oxygen atoms in total. The first kappa shape index (κ1) is 21.6. The van der Waals surface area contributed by atoms with Crippen molar-refractivity contribution in [1.82, 2.24) is 5.32 Å². The van der Waals surface area contributed by atoms with Gasteiger partial charge in [-0.25, -0.2) is 0 Å².